The molecule has 2 aromatic carbocycles. The second-order valence-corrected chi connectivity index (χ2v) is 7.36. The van der Waals surface area contributed by atoms with E-state index in [2.05, 4.69) is 10.2 Å². The van der Waals surface area contributed by atoms with Crippen LogP contribution in [0, 0.1) is 0 Å². The Morgan fingerprint density at radius 1 is 0.821 bits per heavy atom. The van der Waals surface area contributed by atoms with Gasteiger partial charge in [0.1, 0.15) is 29.1 Å². The van der Waals surface area contributed by atoms with Crippen molar-refractivity contribution in [1.29, 1.82) is 0 Å². The maximum absolute atomic E-state index is 13.5. The quantitative estimate of drug-likeness (QED) is 0.648. The molecule has 0 atom stereocenters. The summed E-state index contributed by atoms with van der Waals surface area (Å²) in [4.78, 5) is 4.83. The number of rotatable bonds is 5. The lowest BCUT2D eigenvalue weighted by atomic mass is 9.68. The SMILES string of the molecule is COc1ccc(-c2nnc(C3(C)CC(F)C3)nc2-c2ccc(OC)cc2)cc1. The first-order valence-electron chi connectivity index (χ1n) is 9.20. The van der Waals surface area contributed by atoms with Crippen molar-refractivity contribution in [2.24, 2.45) is 0 Å². The largest absolute Gasteiger partial charge is 0.497 e. The van der Waals surface area contributed by atoms with Gasteiger partial charge in [0.15, 0.2) is 5.82 Å². The maximum atomic E-state index is 13.5. The zero-order valence-electron chi connectivity index (χ0n) is 16.1. The Bertz CT molecular complexity index is 968. The predicted octanol–water partition coefficient (Wildman–Crippen LogP) is 4.61. The summed E-state index contributed by atoms with van der Waals surface area (Å²) in [6.45, 7) is 1.99. The summed E-state index contributed by atoms with van der Waals surface area (Å²) in [6, 6.07) is 15.3. The Morgan fingerprint density at radius 2 is 1.32 bits per heavy atom. The first-order valence-corrected chi connectivity index (χ1v) is 9.20. The van der Waals surface area contributed by atoms with Gasteiger partial charge in [0.05, 0.1) is 14.2 Å². The molecule has 0 bridgehead atoms. The van der Waals surface area contributed by atoms with Crippen LogP contribution >= 0.6 is 0 Å². The lowest BCUT2D eigenvalue weighted by Crippen LogP contribution is -2.41. The number of aromatic nitrogens is 3. The second-order valence-electron chi connectivity index (χ2n) is 7.36. The van der Waals surface area contributed by atoms with Crippen LogP contribution in [0.2, 0.25) is 0 Å². The molecule has 1 heterocycles. The smallest absolute Gasteiger partial charge is 0.157 e. The molecule has 4 rings (SSSR count). The molecule has 1 fully saturated rings. The van der Waals surface area contributed by atoms with Crippen molar-refractivity contribution in [3.63, 3.8) is 0 Å². The van der Waals surface area contributed by atoms with E-state index in [0.717, 1.165) is 28.3 Å². The third-order valence-electron chi connectivity index (χ3n) is 5.30. The van der Waals surface area contributed by atoms with Gasteiger partial charge in [0.25, 0.3) is 0 Å². The van der Waals surface area contributed by atoms with Crippen molar-refractivity contribution in [2.75, 3.05) is 14.2 Å². The molecule has 1 aliphatic rings. The van der Waals surface area contributed by atoms with Crippen molar-refractivity contribution in [3.05, 3.63) is 54.4 Å². The normalized spacial score (nSPS) is 21.1. The zero-order chi connectivity index (χ0) is 19.7. The molecule has 1 saturated carbocycles. The first kappa shape index (κ1) is 18.3. The van der Waals surface area contributed by atoms with Gasteiger partial charge in [-0.05, 0) is 61.4 Å². The third-order valence-corrected chi connectivity index (χ3v) is 5.30. The first-order chi connectivity index (χ1) is 13.5. The van der Waals surface area contributed by atoms with Gasteiger partial charge in [0, 0.05) is 16.5 Å². The van der Waals surface area contributed by atoms with Gasteiger partial charge in [-0.2, -0.15) is 0 Å². The minimum atomic E-state index is -0.792. The molecule has 1 aliphatic carbocycles. The predicted molar refractivity (Wildman–Crippen MR) is 105 cm³/mol. The van der Waals surface area contributed by atoms with Crippen molar-refractivity contribution in [2.45, 2.75) is 31.4 Å². The molecule has 5 nitrogen and oxygen atoms in total. The number of hydrogen-bond acceptors (Lipinski definition) is 5. The lowest BCUT2D eigenvalue weighted by Gasteiger charge is -2.39. The van der Waals surface area contributed by atoms with Gasteiger partial charge in [-0.1, -0.05) is 6.92 Å². The molecule has 3 aromatic rings. The molecule has 0 spiro atoms. The van der Waals surface area contributed by atoms with E-state index < -0.39 is 6.17 Å². The minimum absolute atomic E-state index is 0.369. The van der Waals surface area contributed by atoms with E-state index in [-0.39, 0.29) is 5.41 Å². The summed E-state index contributed by atoms with van der Waals surface area (Å²) in [5.74, 6) is 2.12. The highest BCUT2D eigenvalue weighted by Gasteiger charge is 2.45. The van der Waals surface area contributed by atoms with Crippen LogP contribution in [0.3, 0.4) is 0 Å². The van der Waals surface area contributed by atoms with Crippen LogP contribution in [-0.2, 0) is 5.41 Å². The summed E-state index contributed by atoms with van der Waals surface area (Å²) < 4.78 is 24.0. The summed E-state index contributed by atoms with van der Waals surface area (Å²) in [5, 5.41) is 8.85. The van der Waals surface area contributed by atoms with Crippen LogP contribution in [0.25, 0.3) is 22.5 Å². The number of methoxy groups -OCH3 is 2. The van der Waals surface area contributed by atoms with Crippen molar-refractivity contribution >= 4 is 0 Å². The number of nitrogens with zero attached hydrogens (tertiary/aromatic N) is 3. The number of halogens is 1. The molecular weight excluding hydrogens is 357 g/mol. The Kier molecular flexibility index (Phi) is 4.71. The fourth-order valence-corrected chi connectivity index (χ4v) is 3.58. The van der Waals surface area contributed by atoms with Crippen molar-refractivity contribution in [3.8, 4) is 34.0 Å². The highest BCUT2D eigenvalue weighted by Crippen LogP contribution is 2.44. The summed E-state index contributed by atoms with van der Waals surface area (Å²) in [6.07, 6.45) is 0.0660. The van der Waals surface area contributed by atoms with Gasteiger partial charge in [-0.15, -0.1) is 10.2 Å². The average molecular weight is 379 g/mol. The fraction of sp³-hybridized carbons (Fsp3) is 0.318. The summed E-state index contributed by atoms with van der Waals surface area (Å²) in [7, 11) is 3.26. The van der Waals surface area contributed by atoms with Crippen LogP contribution in [0.1, 0.15) is 25.6 Å². The molecule has 0 unspecified atom stereocenters. The number of benzene rings is 2. The van der Waals surface area contributed by atoms with E-state index in [9.17, 15) is 4.39 Å². The van der Waals surface area contributed by atoms with Crippen LogP contribution in [-0.4, -0.2) is 35.6 Å². The monoisotopic (exact) mass is 379 g/mol. The van der Waals surface area contributed by atoms with E-state index in [0.29, 0.717) is 24.4 Å². The van der Waals surface area contributed by atoms with Gasteiger partial charge in [-0.25, -0.2) is 9.37 Å². The molecular formula is C22H22FN3O2. The van der Waals surface area contributed by atoms with Gasteiger partial charge >= 0.3 is 0 Å². The van der Waals surface area contributed by atoms with Gasteiger partial charge in [-0.3, -0.25) is 0 Å². The molecule has 0 amide bonds. The molecule has 1 aromatic heterocycles. The third kappa shape index (κ3) is 3.30. The standard InChI is InChI=1S/C22H22FN3O2/c1-22(12-16(23)13-22)21-24-19(14-4-8-17(27-2)9-5-14)20(25-26-21)15-6-10-18(28-3)11-7-15/h4-11,16H,12-13H2,1-3H3. The van der Waals surface area contributed by atoms with E-state index in [1.165, 1.54) is 0 Å². The summed E-state index contributed by atoms with van der Waals surface area (Å²) >= 11 is 0. The van der Waals surface area contributed by atoms with Crippen LogP contribution in [0.15, 0.2) is 48.5 Å². The second kappa shape index (κ2) is 7.19. The molecule has 6 heteroatoms. The van der Waals surface area contributed by atoms with E-state index >= 15 is 0 Å². The molecule has 144 valence electrons. The zero-order valence-corrected chi connectivity index (χ0v) is 16.1. The van der Waals surface area contributed by atoms with Crippen LogP contribution in [0.5, 0.6) is 11.5 Å². The summed E-state index contributed by atoms with van der Waals surface area (Å²) in [5.41, 5.74) is 2.83. The molecule has 0 N–H and O–H groups in total. The topological polar surface area (TPSA) is 57.1 Å². The molecule has 0 radical (unpaired) electrons. The Balaban J connectivity index is 1.82. The maximum Gasteiger partial charge on any atom is 0.157 e. The van der Waals surface area contributed by atoms with Crippen molar-refractivity contribution < 1.29 is 13.9 Å². The van der Waals surface area contributed by atoms with Crippen LogP contribution < -0.4 is 9.47 Å². The fourth-order valence-electron chi connectivity index (χ4n) is 3.58. The highest BCUT2D eigenvalue weighted by atomic mass is 19.1. The minimum Gasteiger partial charge on any atom is -0.497 e. The molecule has 0 saturated heterocycles. The Labute approximate surface area is 163 Å². The average Bonchev–Trinajstić information content (AvgIpc) is 2.72. The van der Waals surface area contributed by atoms with Gasteiger partial charge < -0.3 is 9.47 Å². The van der Waals surface area contributed by atoms with Crippen LogP contribution in [0.4, 0.5) is 4.39 Å². The Morgan fingerprint density at radius 3 is 1.79 bits per heavy atom. The van der Waals surface area contributed by atoms with E-state index in [1.807, 2.05) is 55.5 Å². The lowest BCUT2D eigenvalue weighted by molar-refractivity contribution is 0.100. The van der Waals surface area contributed by atoms with Crippen molar-refractivity contribution in [1.82, 2.24) is 15.2 Å². The van der Waals surface area contributed by atoms with E-state index in [1.54, 1.807) is 14.2 Å². The Hall–Kier alpha value is -3.02. The van der Waals surface area contributed by atoms with Gasteiger partial charge in [0.2, 0.25) is 0 Å². The number of ether oxygens (including phenoxy) is 2. The highest BCUT2D eigenvalue weighted by molar-refractivity contribution is 5.78. The molecule has 0 aliphatic heterocycles. The van der Waals surface area contributed by atoms with E-state index in [4.69, 9.17) is 14.5 Å². The molecule has 28 heavy (non-hydrogen) atoms. The number of alkyl halides is 1. The number of hydrogen-bond donors (Lipinski definition) is 0.